The van der Waals surface area contributed by atoms with Gasteiger partial charge in [-0.3, -0.25) is 0 Å². The molecule has 1 heterocycles. The number of carboxylic acid groups (broad SMARTS) is 1. The summed E-state index contributed by atoms with van der Waals surface area (Å²) >= 11 is 0. The number of aliphatic hydroxyl groups is 1. The molecule has 4 N–H and O–H groups in total. The number of rotatable bonds is 5. The molecular formula is C11H22N2O4. The number of nitrogens with one attached hydrogen (secondary N) is 2. The van der Waals surface area contributed by atoms with Crippen LogP contribution in [0.3, 0.4) is 0 Å². The van der Waals surface area contributed by atoms with Gasteiger partial charge in [0.1, 0.15) is 0 Å². The lowest BCUT2D eigenvalue weighted by atomic mass is 9.86. The molecular weight excluding hydrogens is 224 g/mol. The summed E-state index contributed by atoms with van der Waals surface area (Å²) in [6.07, 6.45) is -0.0670. The van der Waals surface area contributed by atoms with Gasteiger partial charge in [-0.1, -0.05) is 0 Å². The molecule has 100 valence electrons. The molecule has 0 aromatic rings. The van der Waals surface area contributed by atoms with Crippen LogP contribution in [0.4, 0.5) is 4.79 Å². The van der Waals surface area contributed by atoms with Gasteiger partial charge in [0.25, 0.3) is 0 Å². The number of hydrogen-bond acceptors (Lipinski definition) is 4. The molecule has 0 aromatic heterocycles. The Hall–Kier alpha value is -0.850. The highest BCUT2D eigenvalue weighted by Gasteiger charge is 2.32. The molecule has 1 rings (SSSR count). The summed E-state index contributed by atoms with van der Waals surface area (Å²) in [5.41, 5.74) is 0. The molecule has 1 fully saturated rings. The van der Waals surface area contributed by atoms with E-state index >= 15 is 0 Å². The molecule has 0 radical (unpaired) electrons. The third-order valence-corrected chi connectivity index (χ3v) is 3.34. The van der Waals surface area contributed by atoms with Gasteiger partial charge in [-0.15, -0.1) is 0 Å². The first-order valence-corrected chi connectivity index (χ1v) is 5.98. The zero-order valence-electron chi connectivity index (χ0n) is 10.3. The number of likely N-dealkylation sites (N-methyl/N-ethyl adjacent to an activating group) is 1. The Balaban J connectivity index is 2.55. The fourth-order valence-electron chi connectivity index (χ4n) is 2.35. The van der Waals surface area contributed by atoms with Gasteiger partial charge in [-0.05, 0) is 32.7 Å². The first-order valence-electron chi connectivity index (χ1n) is 5.98. The molecule has 17 heavy (non-hydrogen) atoms. The van der Waals surface area contributed by atoms with Gasteiger partial charge in [0, 0.05) is 19.3 Å². The summed E-state index contributed by atoms with van der Waals surface area (Å²) in [7, 11) is 1.79. The van der Waals surface area contributed by atoms with Crippen LogP contribution < -0.4 is 10.6 Å². The molecule has 3 atom stereocenters. The normalized spacial score (nSPS) is 22.8. The molecule has 1 unspecified atom stereocenters. The number of carbonyl (C=O) groups is 1. The maximum atomic E-state index is 10.5. The van der Waals surface area contributed by atoms with Gasteiger partial charge in [-0.2, -0.15) is 0 Å². The third-order valence-electron chi connectivity index (χ3n) is 3.34. The fraction of sp³-hybridized carbons (Fsp3) is 0.909. The SMILES string of the molecule is CNC(C1CCOCC1)[C@H](O)[C@H](C)NC(=O)O. The molecule has 1 saturated heterocycles. The van der Waals surface area contributed by atoms with E-state index in [-0.39, 0.29) is 6.04 Å². The molecule has 0 aromatic carbocycles. The lowest BCUT2D eigenvalue weighted by Gasteiger charge is -2.35. The van der Waals surface area contributed by atoms with Crippen LogP contribution >= 0.6 is 0 Å². The van der Waals surface area contributed by atoms with E-state index in [1.165, 1.54) is 0 Å². The summed E-state index contributed by atoms with van der Waals surface area (Å²) in [4.78, 5) is 10.5. The van der Waals surface area contributed by atoms with Crippen molar-refractivity contribution in [2.24, 2.45) is 5.92 Å². The molecule has 0 bridgehead atoms. The molecule has 6 nitrogen and oxygen atoms in total. The van der Waals surface area contributed by atoms with Gasteiger partial charge in [0.05, 0.1) is 12.1 Å². The third kappa shape index (κ3) is 4.14. The average Bonchev–Trinajstić information content (AvgIpc) is 2.30. The van der Waals surface area contributed by atoms with Crippen molar-refractivity contribution in [2.45, 2.75) is 38.0 Å². The van der Waals surface area contributed by atoms with Gasteiger partial charge < -0.3 is 25.6 Å². The minimum absolute atomic E-state index is 0.110. The van der Waals surface area contributed by atoms with Crippen LogP contribution in [-0.4, -0.2) is 54.8 Å². The average molecular weight is 246 g/mol. The van der Waals surface area contributed by atoms with Crippen molar-refractivity contribution < 1.29 is 19.7 Å². The lowest BCUT2D eigenvalue weighted by Crippen LogP contribution is -2.54. The van der Waals surface area contributed by atoms with Crippen molar-refractivity contribution in [3.63, 3.8) is 0 Å². The Kier molecular flexibility index (Phi) is 5.67. The molecule has 1 aliphatic heterocycles. The standard InChI is InChI=1S/C11H22N2O4/c1-7(13-11(15)16)10(14)9(12-2)8-3-5-17-6-4-8/h7-10,12-14H,3-6H2,1-2H3,(H,15,16)/t7-,9?,10+/m0/s1. The van der Waals surface area contributed by atoms with E-state index in [4.69, 9.17) is 9.84 Å². The van der Waals surface area contributed by atoms with Crippen LogP contribution in [0, 0.1) is 5.92 Å². The summed E-state index contributed by atoms with van der Waals surface area (Å²) < 4.78 is 5.28. The molecule has 1 amide bonds. The maximum Gasteiger partial charge on any atom is 0.404 e. The van der Waals surface area contributed by atoms with E-state index < -0.39 is 18.2 Å². The van der Waals surface area contributed by atoms with Gasteiger partial charge in [0.15, 0.2) is 0 Å². The number of hydrogen-bond donors (Lipinski definition) is 4. The van der Waals surface area contributed by atoms with E-state index in [1.54, 1.807) is 14.0 Å². The highest BCUT2D eigenvalue weighted by atomic mass is 16.5. The summed E-state index contributed by atoms with van der Waals surface area (Å²) in [5.74, 6) is 0.321. The molecule has 6 heteroatoms. The number of amides is 1. The van der Waals surface area contributed by atoms with E-state index in [9.17, 15) is 9.90 Å². The number of aliphatic hydroxyl groups excluding tert-OH is 1. The maximum absolute atomic E-state index is 10.5. The van der Waals surface area contributed by atoms with Crippen LogP contribution in [0.2, 0.25) is 0 Å². The van der Waals surface area contributed by atoms with Crippen LogP contribution in [0.25, 0.3) is 0 Å². The first kappa shape index (κ1) is 14.2. The Labute approximate surface area is 101 Å². The van der Waals surface area contributed by atoms with Gasteiger partial charge in [0.2, 0.25) is 0 Å². The zero-order valence-corrected chi connectivity index (χ0v) is 10.3. The second-order valence-electron chi connectivity index (χ2n) is 4.49. The lowest BCUT2D eigenvalue weighted by molar-refractivity contribution is 0.0135. The fourth-order valence-corrected chi connectivity index (χ4v) is 2.35. The van der Waals surface area contributed by atoms with Crippen LogP contribution in [0.15, 0.2) is 0 Å². The minimum Gasteiger partial charge on any atom is -0.465 e. The van der Waals surface area contributed by atoms with Crippen molar-refractivity contribution in [2.75, 3.05) is 20.3 Å². The zero-order chi connectivity index (χ0) is 12.8. The molecule has 0 saturated carbocycles. The van der Waals surface area contributed by atoms with E-state index in [0.717, 1.165) is 12.8 Å². The summed E-state index contributed by atoms with van der Waals surface area (Å²) in [5, 5.41) is 24.2. The minimum atomic E-state index is -1.11. The Morgan fingerprint density at radius 2 is 2.00 bits per heavy atom. The quantitative estimate of drug-likeness (QED) is 0.549. The predicted molar refractivity (Wildman–Crippen MR) is 63.0 cm³/mol. The van der Waals surface area contributed by atoms with Crippen molar-refractivity contribution in [3.8, 4) is 0 Å². The summed E-state index contributed by atoms with van der Waals surface area (Å²) in [6.45, 7) is 3.08. The predicted octanol–water partition coefficient (Wildman–Crippen LogP) is 0.0180. The van der Waals surface area contributed by atoms with E-state index in [1.807, 2.05) is 0 Å². The van der Waals surface area contributed by atoms with Crippen molar-refractivity contribution in [1.29, 1.82) is 0 Å². The molecule has 0 aliphatic carbocycles. The monoisotopic (exact) mass is 246 g/mol. The van der Waals surface area contributed by atoms with Crippen LogP contribution in [0.5, 0.6) is 0 Å². The van der Waals surface area contributed by atoms with Crippen LogP contribution in [-0.2, 0) is 4.74 Å². The van der Waals surface area contributed by atoms with Crippen molar-refractivity contribution in [3.05, 3.63) is 0 Å². The molecule has 1 aliphatic rings. The largest absolute Gasteiger partial charge is 0.465 e. The molecule has 0 spiro atoms. The van der Waals surface area contributed by atoms with E-state index in [0.29, 0.717) is 19.1 Å². The Morgan fingerprint density at radius 3 is 2.47 bits per heavy atom. The highest BCUT2D eigenvalue weighted by Crippen LogP contribution is 2.21. The second-order valence-corrected chi connectivity index (χ2v) is 4.49. The number of ether oxygens (including phenoxy) is 1. The topological polar surface area (TPSA) is 90.8 Å². The van der Waals surface area contributed by atoms with Gasteiger partial charge >= 0.3 is 6.09 Å². The summed E-state index contributed by atoms with van der Waals surface area (Å²) in [6, 6.07) is -0.603. The van der Waals surface area contributed by atoms with Crippen molar-refractivity contribution in [1.82, 2.24) is 10.6 Å². The Bertz CT molecular complexity index is 244. The van der Waals surface area contributed by atoms with Crippen molar-refractivity contribution >= 4 is 6.09 Å². The first-order chi connectivity index (χ1) is 8.06. The van der Waals surface area contributed by atoms with Crippen LogP contribution in [0.1, 0.15) is 19.8 Å². The van der Waals surface area contributed by atoms with E-state index in [2.05, 4.69) is 10.6 Å². The van der Waals surface area contributed by atoms with Gasteiger partial charge in [-0.25, -0.2) is 4.79 Å². The highest BCUT2D eigenvalue weighted by molar-refractivity contribution is 5.64. The smallest absolute Gasteiger partial charge is 0.404 e. The Morgan fingerprint density at radius 1 is 1.41 bits per heavy atom. The second kappa shape index (κ2) is 6.78.